The highest BCUT2D eigenvalue weighted by Gasteiger charge is 2.45. The van der Waals surface area contributed by atoms with E-state index in [2.05, 4.69) is 4.90 Å². The van der Waals surface area contributed by atoms with Crippen LogP contribution in [0.1, 0.15) is 32.1 Å². The summed E-state index contributed by atoms with van der Waals surface area (Å²) in [5.41, 5.74) is 0.250. The maximum absolute atomic E-state index is 14.0. The van der Waals surface area contributed by atoms with Crippen molar-refractivity contribution in [1.82, 2.24) is 9.21 Å². The molecule has 8 heteroatoms. The summed E-state index contributed by atoms with van der Waals surface area (Å²) in [7, 11) is -2.32. The van der Waals surface area contributed by atoms with Gasteiger partial charge in [0.15, 0.2) is 11.6 Å². The summed E-state index contributed by atoms with van der Waals surface area (Å²) in [5.74, 6) is -0.599. The van der Waals surface area contributed by atoms with Crippen LogP contribution in [0.3, 0.4) is 0 Å². The van der Waals surface area contributed by atoms with Gasteiger partial charge in [-0.25, -0.2) is 12.8 Å². The minimum absolute atomic E-state index is 0.000588. The second kappa shape index (κ2) is 7.89. The second-order valence-corrected chi connectivity index (χ2v) is 10.2. The van der Waals surface area contributed by atoms with Crippen LogP contribution in [0.2, 0.25) is 0 Å². The molecule has 1 saturated carbocycles. The molecule has 2 heterocycles. The fraction of sp³-hybridized carbons (Fsp3) is 0.700. The molecular formula is C20H29FN2O4S. The third-order valence-electron chi connectivity index (χ3n) is 6.78. The van der Waals surface area contributed by atoms with Gasteiger partial charge in [-0.05, 0) is 55.7 Å². The van der Waals surface area contributed by atoms with Crippen LogP contribution in [0.15, 0.2) is 23.1 Å². The zero-order valence-corrected chi connectivity index (χ0v) is 17.2. The van der Waals surface area contributed by atoms with E-state index < -0.39 is 15.8 Å². The summed E-state index contributed by atoms with van der Waals surface area (Å²) in [6, 6.07) is 4.45. The molecule has 1 aromatic rings. The van der Waals surface area contributed by atoms with Crippen LogP contribution < -0.4 is 4.74 Å². The summed E-state index contributed by atoms with van der Waals surface area (Å²) in [6.45, 7) is 4.65. The van der Waals surface area contributed by atoms with E-state index in [-0.39, 0.29) is 16.1 Å². The highest BCUT2D eigenvalue weighted by molar-refractivity contribution is 7.89. The summed E-state index contributed by atoms with van der Waals surface area (Å²) >= 11 is 0. The molecule has 0 amide bonds. The number of methoxy groups -OCH3 is 1. The van der Waals surface area contributed by atoms with Gasteiger partial charge in [-0.2, -0.15) is 4.31 Å². The number of sulfonamides is 1. The largest absolute Gasteiger partial charge is 0.494 e. The van der Waals surface area contributed by atoms with Crippen molar-refractivity contribution in [2.75, 3.05) is 46.5 Å². The van der Waals surface area contributed by atoms with E-state index in [1.807, 2.05) is 0 Å². The van der Waals surface area contributed by atoms with Gasteiger partial charge in [0.1, 0.15) is 0 Å². The smallest absolute Gasteiger partial charge is 0.243 e. The molecule has 3 fully saturated rings. The van der Waals surface area contributed by atoms with Crippen LogP contribution >= 0.6 is 0 Å². The summed E-state index contributed by atoms with van der Waals surface area (Å²) in [4.78, 5) is 2.54. The van der Waals surface area contributed by atoms with Crippen molar-refractivity contribution in [2.45, 2.75) is 43.0 Å². The van der Waals surface area contributed by atoms with Gasteiger partial charge >= 0.3 is 0 Å². The predicted octanol–water partition coefficient (Wildman–Crippen LogP) is 2.49. The first kappa shape index (κ1) is 20.1. The lowest BCUT2D eigenvalue weighted by molar-refractivity contribution is 0.0137. The Morgan fingerprint density at radius 3 is 2.50 bits per heavy atom. The van der Waals surface area contributed by atoms with Crippen molar-refractivity contribution >= 4 is 10.0 Å². The summed E-state index contributed by atoms with van der Waals surface area (Å²) in [6.07, 6.45) is 5.27. The topological polar surface area (TPSA) is 59.1 Å². The molecule has 0 aromatic heterocycles. The zero-order chi connectivity index (χ0) is 19.8. The van der Waals surface area contributed by atoms with Crippen LogP contribution in [0.4, 0.5) is 4.39 Å². The van der Waals surface area contributed by atoms with E-state index in [4.69, 9.17) is 9.47 Å². The summed E-state index contributed by atoms with van der Waals surface area (Å²) < 4.78 is 51.8. The Morgan fingerprint density at radius 1 is 1.14 bits per heavy atom. The van der Waals surface area contributed by atoms with Crippen LogP contribution in [0.25, 0.3) is 0 Å². The summed E-state index contributed by atoms with van der Waals surface area (Å²) in [5, 5.41) is 0. The van der Waals surface area contributed by atoms with Gasteiger partial charge in [-0.15, -0.1) is 0 Å². The molecule has 0 radical (unpaired) electrons. The minimum Gasteiger partial charge on any atom is -0.494 e. The monoisotopic (exact) mass is 412 g/mol. The van der Waals surface area contributed by atoms with Crippen LogP contribution in [-0.4, -0.2) is 70.2 Å². The van der Waals surface area contributed by atoms with Crippen molar-refractivity contribution < 1.29 is 22.3 Å². The van der Waals surface area contributed by atoms with E-state index in [1.54, 1.807) is 0 Å². The highest BCUT2D eigenvalue weighted by atomic mass is 32.2. The number of piperidine rings is 1. The Morgan fingerprint density at radius 2 is 1.86 bits per heavy atom. The molecule has 0 N–H and O–H groups in total. The molecule has 2 aliphatic heterocycles. The fourth-order valence-electron chi connectivity index (χ4n) is 5.04. The Labute approximate surface area is 166 Å². The van der Waals surface area contributed by atoms with Crippen molar-refractivity contribution in [3.05, 3.63) is 24.0 Å². The highest BCUT2D eigenvalue weighted by Crippen LogP contribution is 2.48. The maximum Gasteiger partial charge on any atom is 0.243 e. The number of hydrogen-bond donors (Lipinski definition) is 0. The van der Waals surface area contributed by atoms with E-state index in [9.17, 15) is 12.8 Å². The van der Waals surface area contributed by atoms with Gasteiger partial charge in [0.25, 0.3) is 0 Å². The molecule has 1 aromatic carbocycles. The molecule has 3 aliphatic rings. The third kappa shape index (κ3) is 3.79. The van der Waals surface area contributed by atoms with E-state index in [0.29, 0.717) is 19.1 Å². The number of benzene rings is 1. The van der Waals surface area contributed by atoms with Gasteiger partial charge in [0, 0.05) is 32.2 Å². The lowest BCUT2D eigenvalue weighted by atomic mass is 9.77. The maximum atomic E-state index is 14.0. The Kier molecular flexibility index (Phi) is 5.66. The van der Waals surface area contributed by atoms with Gasteiger partial charge < -0.3 is 9.47 Å². The van der Waals surface area contributed by atoms with Crippen LogP contribution in [0.5, 0.6) is 5.75 Å². The molecule has 0 bridgehead atoms. The Balaban J connectivity index is 1.40. The number of hydrogen-bond acceptors (Lipinski definition) is 5. The van der Waals surface area contributed by atoms with Crippen molar-refractivity contribution in [3.8, 4) is 5.75 Å². The molecule has 4 rings (SSSR count). The second-order valence-electron chi connectivity index (χ2n) is 8.25. The average molecular weight is 413 g/mol. The third-order valence-corrected chi connectivity index (χ3v) is 8.68. The van der Waals surface area contributed by atoms with Gasteiger partial charge in [0.05, 0.1) is 25.2 Å². The van der Waals surface area contributed by atoms with Gasteiger partial charge in [0.2, 0.25) is 10.0 Å². The predicted molar refractivity (Wildman–Crippen MR) is 103 cm³/mol. The SMILES string of the molecule is COc1ccc(S(=O)(=O)N2CCC3(CCC(N4CCOCC4)C3)CC2)cc1F. The number of nitrogens with zero attached hydrogens (tertiary/aromatic N) is 2. The first-order valence-corrected chi connectivity index (χ1v) is 11.5. The first-order chi connectivity index (χ1) is 13.4. The molecular weight excluding hydrogens is 383 g/mol. The van der Waals surface area contributed by atoms with Crippen molar-refractivity contribution in [1.29, 1.82) is 0 Å². The number of halogens is 1. The van der Waals surface area contributed by atoms with Gasteiger partial charge in [-0.1, -0.05) is 0 Å². The molecule has 2 saturated heterocycles. The van der Waals surface area contributed by atoms with E-state index >= 15 is 0 Å². The molecule has 1 aliphatic carbocycles. The molecule has 6 nitrogen and oxygen atoms in total. The van der Waals surface area contributed by atoms with E-state index in [1.165, 1.54) is 36.4 Å². The fourth-order valence-corrected chi connectivity index (χ4v) is 6.50. The zero-order valence-electron chi connectivity index (χ0n) is 16.4. The Bertz CT molecular complexity index is 802. The van der Waals surface area contributed by atoms with Crippen LogP contribution in [0, 0.1) is 11.2 Å². The lowest BCUT2D eigenvalue weighted by Gasteiger charge is -2.40. The standard InChI is InChI=1S/C20H29FN2O4S/c1-26-19-3-2-17(14-18(19)21)28(24,25)23-8-6-20(7-9-23)5-4-16(15-20)22-10-12-27-13-11-22/h2-3,14,16H,4-13,15H2,1H3. The molecule has 28 heavy (non-hydrogen) atoms. The molecule has 1 atom stereocenters. The molecule has 156 valence electrons. The minimum atomic E-state index is -3.68. The van der Waals surface area contributed by atoms with Crippen LogP contribution in [-0.2, 0) is 14.8 Å². The average Bonchev–Trinajstić information content (AvgIpc) is 3.12. The number of rotatable bonds is 4. The Hall–Kier alpha value is -1.22. The number of ether oxygens (including phenoxy) is 2. The first-order valence-electron chi connectivity index (χ1n) is 10.1. The normalized spacial score (nSPS) is 26.6. The molecule has 1 spiro atoms. The lowest BCUT2D eigenvalue weighted by Crippen LogP contribution is -2.45. The number of morpholine rings is 1. The molecule has 1 unspecified atom stereocenters. The van der Waals surface area contributed by atoms with Crippen molar-refractivity contribution in [3.63, 3.8) is 0 Å². The quantitative estimate of drug-likeness (QED) is 0.761. The van der Waals surface area contributed by atoms with Gasteiger partial charge in [-0.3, -0.25) is 4.90 Å². The van der Waals surface area contributed by atoms with E-state index in [0.717, 1.165) is 51.6 Å². The van der Waals surface area contributed by atoms with Crippen molar-refractivity contribution in [2.24, 2.45) is 5.41 Å².